The Labute approximate surface area is 95.7 Å². The molecule has 88 valence electrons. The molecule has 0 bridgehead atoms. The number of nitrogens with zero attached hydrogens (tertiary/aromatic N) is 1. The molecular weight excluding hydrogens is 204 g/mol. The maximum atomic E-state index is 9.59. The number of pyridine rings is 1. The van der Waals surface area contributed by atoms with Crippen LogP contribution in [0.4, 0.5) is 0 Å². The zero-order chi connectivity index (χ0) is 11.4. The molecule has 4 nitrogen and oxygen atoms in total. The van der Waals surface area contributed by atoms with Crippen molar-refractivity contribution in [1.82, 2.24) is 10.3 Å². The van der Waals surface area contributed by atoms with E-state index in [2.05, 4.69) is 10.3 Å². The lowest BCUT2D eigenvalue weighted by atomic mass is 10.2. The van der Waals surface area contributed by atoms with Crippen molar-refractivity contribution in [3.05, 3.63) is 23.5 Å². The third-order valence-corrected chi connectivity index (χ3v) is 2.78. The molecule has 2 N–H and O–H groups in total. The number of hydrogen-bond donors (Lipinski definition) is 2. The van der Waals surface area contributed by atoms with Crippen molar-refractivity contribution in [1.29, 1.82) is 0 Å². The van der Waals surface area contributed by atoms with E-state index in [1.54, 1.807) is 12.1 Å². The minimum atomic E-state index is 0.255. The summed E-state index contributed by atoms with van der Waals surface area (Å²) in [6.07, 6.45) is 2.60. The molecule has 0 aliphatic carbocycles. The highest BCUT2D eigenvalue weighted by molar-refractivity contribution is 5.27. The Hall–Kier alpha value is -1.13. The molecule has 16 heavy (non-hydrogen) atoms. The summed E-state index contributed by atoms with van der Waals surface area (Å²) in [5.74, 6) is 0.255. The van der Waals surface area contributed by atoms with E-state index < -0.39 is 0 Å². The summed E-state index contributed by atoms with van der Waals surface area (Å²) >= 11 is 0. The molecular formula is C12H18N2O2. The standard InChI is InChI=1S/C12H18N2O2/c1-9-4-5-12(15)11(14-9)8-13-7-10-3-2-6-16-10/h4-5,10,13,15H,2-3,6-8H2,1H3. The summed E-state index contributed by atoms with van der Waals surface area (Å²) < 4.78 is 5.50. The SMILES string of the molecule is Cc1ccc(O)c(CNCC2CCCO2)n1. The van der Waals surface area contributed by atoms with Gasteiger partial charge in [-0.1, -0.05) is 0 Å². The molecule has 1 aliphatic rings. The van der Waals surface area contributed by atoms with E-state index in [0.29, 0.717) is 18.3 Å². The summed E-state index contributed by atoms with van der Waals surface area (Å²) in [5, 5.41) is 12.9. The molecule has 1 saturated heterocycles. The van der Waals surface area contributed by atoms with Crippen molar-refractivity contribution in [2.45, 2.75) is 32.4 Å². The highest BCUT2D eigenvalue weighted by atomic mass is 16.5. The molecule has 1 aliphatic heterocycles. The number of aromatic nitrogens is 1. The van der Waals surface area contributed by atoms with Crippen LogP contribution >= 0.6 is 0 Å². The van der Waals surface area contributed by atoms with Crippen LogP contribution in [0.5, 0.6) is 5.75 Å². The minimum absolute atomic E-state index is 0.255. The van der Waals surface area contributed by atoms with Gasteiger partial charge in [-0.25, -0.2) is 0 Å². The zero-order valence-electron chi connectivity index (χ0n) is 9.57. The summed E-state index contributed by atoms with van der Waals surface area (Å²) in [4.78, 5) is 4.28. The van der Waals surface area contributed by atoms with Crippen LogP contribution in [-0.4, -0.2) is 29.3 Å². The molecule has 1 atom stereocenters. The van der Waals surface area contributed by atoms with Gasteiger partial charge in [-0.2, -0.15) is 0 Å². The lowest BCUT2D eigenvalue weighted by molar-refractivity contribution is 0.110. The topological polar surface area (TPSA) is 54.4 Å². The first-order chi connectivity index (χ1) is 7.75. The molecule has 0 saturated carbocycles. The van der Waals surface area contributed by atoms with Gasteiger partial charge in [-0.15, -0.1) is 0 Å². The Morgan fingerprint density at radius 1 is 1.56 bits per heavy atom. The Bertz CT molecular complexity index is 349. The van der Waals surface area contributed by atoms with Gasteiger partial charge in [0.1, 0.15) is 5.75 Å². The molecule has 2 rings (SSSR count). The van der Waals surface area contributed by atoms with Gasteiger partial charge >= 0.3 is 0 Å². The number of ether oxygens (including phenoxy) is 1. The maximum absolute atomic E-state index is 9.59. The third kappa shape index (κ3) is 2.93. The monoisotopic (exact) mass is 222 g/mol. The Morgan fingerprint density at radius 3 is 3.19 bits per heavy atom. The Balaban J connectivity index is 1.82. The fraction of sp³-hybridized carbons (Fsp3) is 0.583. The molecule has 2 heterocycles. The van der Waals surface area contributed by atoms with E-state index in [4.69, 9.17) is 4.74 Å². The number of nitrogens with one attached hydrogen (secondary N) is 1. The van der Waals surface area contributed by atoms with E-state index >= 15 is 0 Å². The van der Waals surface area contributed by atoms with Gasteiger partial charge in [0.2, 0.25) is 0 Å². The zero-order valence-corrected chi connectivity index (χ0v) is 9.57. The van der Waals surface area contributed by atoms with Gasteiger partial charge in [-0.05, 0) is 31.9 Å². The van der Waals surface area contributed by atoms with Crippen LogP contribution in [0, 0.1) is 6.92 Å². The van der Waals surface area contributed by atoms with Crippen molar-refractivity contribution in [3.63, 3.8) is 0 Å². The van der Waals surface area contributed by atoms with E-state index in [1.165, 1.54) is 0 Å². The van der Waals surface area contributed by atoms with Crippen molar-refractivity contribution in [3.8, 4) is 5.75 Å². The Morgan fingerprint density at radius 2 is 2.44 bits per heavy atom. The van der Waals surface area contributed by atoms with Crippen LogP contribution in [0.2, 0.25) is 0 Å². The molecule has 4 heteroatoms. The third-order valence-electron chi connectivity index (χ3n) is 2.78. The van der Waals surface area contributed by atoms with Crippen molar-refractivity contribution in [2.75, 3.05) is 13.2 Å². The van der Waals surface area contributed by atoms with Gasteiger partial charge in [0.25, 0.3) is 0 Å². The first-order valence-corrected chi connectivity index (χ1v) is 5.73. The van der Waals surface area contributed by atoms with Crippen LogP contribution in [0.15, 0.2) is 12.1 Å². The van der Waals surface area contributed by atoms with Crippen LogP contribution in [0.3, 0.4) is 0 Å². The summed E-state index contributed by atoms with van der Waals surface area (Å²) in [7, 11) is 0. The van der Waals surface area contributed by atoms with Gasteiger partial charge < -0.3 is 15.2 Å². The first kappa shape index (κ1) is 11.4. The average Bonchev–Trinajstić information content (AvgIpc) is 2.76. The van der Waals surface area contributed by atoms with E-state index in [1.807, 2.05) is 6.92 Å². The van der Waals surface area contributed by atoms with Crippen molar-refractivity contribution >= 4 is 0 Å². The van der Waals surface area contributed by atoms with Crippen LogP contribution in [0.1, 0.15) is 24.2 Å². The summed E-state index contributed by atoms with van der Waals surface area (Å²) in [5.41, 5.74) is 1.63. The lowest BCUT2D eigenvalue weighted by Gasteiger charge is -2.11. The molecule has 1 aromatic rings. The number of aromatic hydroxyl groups is 1. The van der Waals surface area contributed by atoms with Gasteiger partial charge in [0, 0.05) is 25.4 Å². The maximum Gasteiger partial charge on any atom is 0.138 e. The van der Waals surface area contributed by atoms with Gasteiger partial charge in [0.15, 0.2) is 0 Å². The van der Waals surface area contributed by atoms with E-state index in [9.17, 15) is 5.11 Å². The summed E-state index contributed by atoms with van der Waals surface area (Å²) in [6.45, 7) is 4.21. The summed E-state index contributed by atoms with van der Waals surface area (Å²) in [6, 6.07) is 3.49. The fourth-order valence-electron chi connectivity index (χ4n) is 1.89. The molecule has 0 spiro atoms. The highest BCUT2D eigenvalue weighted by Gasteiger charge is 2.14. The normalized spacial score (nSPS) is 20.2. The second kappa shape index (κ2) is 5.27. The predicted molar refractivity (Wildman–Crippen MR) is 61.3 cm³/mol. The highest BCUT2D eigenvalue weighted by Crippen LogP contribution is 2.15. The Kier molecular flexibility index (Phi) is 3.74. The van der Waals surface area contributed by atoms with E-state index in [-0.39, 0.29) is 5.75 Å². The van der Waals surface area contributed by atoms with E-state index in [0.717, 1.165) is 31.7 Å². The second-order valence-electron chi connectivity index (χ2n) is 4.18. The molecule has 1 unspecified atom stereocenters. The molecule has 1 fully saturated rings. The van der Waals surface area contributed by atoms with Crippen LogP contribution in [0.25, 0.3) is 0 Å². The quantitative estimate of drug-likeness (QED) is 0.807. The minimum Gasteiger partial charge on any atom is -0.506 e. The number of rotatable bonds is 4. The average molecular weight is 222 g/mol. The lowest BCUT2D eigenvalue weighted by Crippen LogP contribution is -2.26. The fourth-order valence-corrected chi connectivity index (χ4v) is 1.89. The molecule has 0 aromatic carbocycles. The van der Waals surface area contributed by atoms with Gasteiger partial charge in [-0.3, -0.25) is 4.98 Å². The molecule has 0 amide bonds. The number of aryl methyl sites for hydroxylation is 1. The van der Waals surface area contributed by atoms with Gasteiger partial charge in [0.05, 0.1) is 11.8 Å². The van der Waals surface area contributed by atoms with Crippen molar-refractivity contribution < 1.29 is 9.84 Å². The van der Waals surface area contributed by atoms with Crippen molar-refractivity contribution in [2.24, 2.45) is 0 Å². The number of hydrogen-bond acceptors (Lipinski definition) is 4. The largest absolute Gasteiger partial charge is 0.506 e. The predicted octanol–water partition coefficient (Wildman–Crippen LogP) is 1.36. The first-order valence-electron chi connectivity index (χ1n) is 5.73. The molecule has 0 radical (unpaired) electrons. The van der Waals surface area contributed by atoms with Crippen LogP contribution in [-0.2, 0) is 11.3 Å². The smallest absolute Gasteiger partial charge is 0.138 e. The molecule has 1 aromatic heterocycles. The van der Waals surface area contributed by atoms with Crippen LogP contribution < -0.4 is 5.32 Å². The second-order valence-corrected chi connectivity index (χ2v) is 4.18.